The lowest BCUT2D eigenvalue weighted by Crippen LogP contribution is -2.22. The third-order valence-electron chi connectivity index (χ3n) is 3.33. The number of carboxylic acids is 1. The van der Waals surface area contributed by atoms with Gasteiger partial charge in [0.2, 0.25) is 0 Å². The van der Waals surface area contributed by atoms with Crippen molar-refractivity contribution in [2.45, 2.75) is 13.0 Å². The molecule has 0 bridgehead atoms. The Bertz CT molecular complexity index is 740. The molecule has 0 unspecified atom stereocenters. The average molecular weight is 333 g/mol. The van der Waals surface area contributed by atoms with Crippen LogP contribution in [0.2, 0.25) is 0 Å². The molecule has 0 spiro atoms. The summed E-state index contributed by atoms with van der Waals surface area (Å²) < 4.78 is 11.3. The van der Waals surface area contributed by atoms with Crippen molar-refractivity contribution in [2.24, 2.45) is 0 Å². The van der Waals surface area contributed by atoms with Crippen LogP contribution in [0.3, 0.4) is 0 Å². The van der Waals surface area contributed by atoms with Crippen molar-refractivity contribution in [3.05, 3.63) is 45.6 Å². The molecule has 120 valence electrons. The molecule has 1 aromatic carbocycles. The second-order valence-corrected chi connectivity index (χ2v) is 6.03. The van der Waals surface area contributed by atoms with Crippen LogP contribution in [-0.2, 0) is 6.54 Å². The van der Waals surface area contributed by atoms with Gasteiger partial charge in [0.1, 0.15) is 4.88 Å². The van der Waals surface area contributed by atoms with Gasteiger partial charge in [0, 0.05) is 18.5 Å². The fraction of sp³-hybridized carbons (Fsp3) is 0.250. The van der Waals surface area contributed by atoms with E-state index in [-0.39, 0.29) is 17.3 Å². The van der Waals surface area contributed by atoms with Gasteiger partial charge in [-0.2, -0.15) is 0 Å². The fourth-order valence-corrected chi connectivity index (χ4v) is 2.99. The first-order valence-corrected chi connectivity index (χ1v) is 7.95. The van der Waals surface area contributed by atoms with E-state index in [4.69, 9.17) is 14.6 Å². The summed E-state index contributed by atoms with van der Waals surface area (Å²) in [6.45, 7) is 1.46. The van der Waals surface area contributed by atoms with Crippen LogP contribution >= 0.6 is 11.3 Å². The topological polar surface area (TPSA) is 84.9 Å². The number of carbonyl (C=O) groups is 2. The van der Waals surface area contributed by atoms with E-state index in [1.807, 2.05) is 18.2 Å². The smallest absolute Gasteiger partial charge is 0.345 e. The number of fused-ring (bicyclic) bond motifs is 1. The number of hydrogen-bond donors (Lipinski definition) is 2. The summed E-state index contributed by atoms with van der Waals surface area (Å²) >= 11 is 0.949. The summed E-state index contributed by atoms with van der Waals surface area (Å²) in [5.41, 5.74) is 0.827. The Morgan fingerprint density at radius 2 is 1.91 bits per heavy atom. The Balaban J connectivity index is 1.70. The summed E-state index contributed by atoms with van der Waals surface area (Å²) in [5.74, 6) is -0.0103. The maximum absolute atomic E-state index is 12.1. The monoisotopic (exact) mass is 333 g/mol. The number of hydrogen-bond acceptors (Lipinski definition) is 5. The second kappa shape index (κ2) is 6.70. The number of thiophene rings is 1. The van der Waals surface area contributed by atoms with E-state index in [0.717, 1.165) is 23.3 Å². The normalized spacial score (nSPS) is 13.2. The Morgan fingerprint density at radius 3 is 2.70 bits per heavy atom. The first-order chi connectivity index (χ1) is 11.1. The Hall–Kier alpha value is -2.54. The van der Waals surface area contributed by atoms with Crippen LogP contribution in [0.5, 0.6) is 11.5 Å². The zero-order chi connectivity index (χ0) is 16.2. The van der Waals surface area contributed by atoms with Crippen LogP contribution in [0, 0.1) is 0 Å². The van der Waals surface area contributed by atoms with Gasteiger partial charge in [-0.15, -0.1) is 11.3 Å². The fourth-order valence-electron chi connectivity index (χ4n) is 2.23. The van der Waals surface area contributed by atoms with Crippen LogP contribution in [-0.4, -0.2) is 30.2 Å². The average Bonchev–Trinajstić information content (AvgIpc) is 2.92. The minimum Gasteiger partial charge on any atom is -0.490 e. The SMILES string of the molecule is O=C(O)c1ccc(C(=O)NCc2cccc3c2OCCCO3)s1. The number of para-hydroxylation sites is 1. The van der Waals surface area contributed by atoms with Crippen molar-refractivity contribution in [1.82, 2.24) is 5.32 Å². The molecule has 1 amide bonds. The number of benzene rings is 1. The molecule has 7 heteroatoms. The molecule has 1 aromatic heterocycles. The van der Waals surface area contributed by atoms with Crippen LogP contribution in [0.1, 0.15) is 31.3 Å². The number of carboxylic acid groups (broad SMARTS) is 1. The van der Waals surface area contributed by atoms with Gasteiger partial charge in [-0.3, -0.25) is 4.79 Å². The summed E-state index contributed by atoms with van der Waals surface area (Å²) in [7, 11) is 0. The molecule has 0 atom stereocenters. The van der Waals surface area contributed by atoms with E-state index < -0.39 is 5.97 Å². The summed E-state index contributed by atoms with van der Waals surface area (Å²) in [4.78, 5) is 23.5. The minimum absolute atomic E-state index is 0.139. The summed E-state index contributed by atoms with van der Waals surface area (Å²) in [5, 5.41) is 11.7. The maximum Gasteiger partial charge on any atom is 0.345 e. The quantitative estimate of drug-likeness (QED) is 0.898. The Kier molecular flexibility index (Phi) is 4.47. The molecular weight excluding hydrogens is 318 g/mol. The largest absolute Gasteiger partial charge is 0.490 e. The zero-order valence-electron chi connectivity index (χ0n) is 12.2. The lowest BCUT2D eigenvalue weighted by Gasteiger charge is -2.12. The molecule has 3 rings (SSSR count). The number of amides is 1. The molecule has 2 aromatic rings. The molecule has 0 saturated carbocycles. The van der Waals surface area contributed by atoms with Gasteiger partial charge >= 0.3 is 5.97 Å². The first kappa shape index (κ1) is 15.4. The lowest BCUT2D eigenvalue weighted by molar-refractivity contribution is 0.0702. The summed E-state index contributed by atoms with van der Waals surface area (Å²) in [6, 6.07) is 8.49. The number of nitrogens with one attached hydrogen (secondary N) is 1. The lowest BCUT2D eigenvalue weighted by atomic mass is 10.2. The van der Waals surface area contributed by atoms with Crippen LogP contribution in [0.25, 0.3) is 0 Å². The molecule has 6 nitrogen and oxygen atoms in total. The van der Waals surface area contributed by atoms with E-state index in [1.165, 1.54) is 12.1 Å². The number of aromatic carboxylic acids is 1. The maximum atomic E-state index is 12.1. The van der Waals surface area contributed by atoms with Crippen LogP contribution < -0.4 is 14.8 Å². The third-order valence-corrected chi connectivity index (χ3v) is 4.41. The van der Waals surface area contributed by atoms with Crippen molar-refractivity contribution < 1.29 is 24.2 Å². The zero-order valence-corrected chi connectivity index (χ0v) is 13.0. The number of rotatable bonds is 4. The molecule has 0 radical (unpaired) electrons. The van der Waals surface area contributed by atoms with Gasteiger partial charge in [-0.05, 0) is 18.2 Å². The van der Waals surface area contributed by atoms with Gasteiger partial charge in [0.05, 0.1) is 18.1 Å². The predicted octanol–water partition coefficient (Wildman–Crippen LogP) is 2.54. The highest BCUT2D eigenvalue weighted by Gasteiger charge is 2.16. The molecule has 0 aliphatic carbocycles. The van der Waals surface area contributed by atoms with Crippen molar-refractivity contribution >= 4 is 23.2 Å². The van der Waals surface area contributed by atoms with E-state index >= 15 is 0 Å². The highest BCUT2D eigenvalue weighted by molar-refractivity contribution is 7.15. The highest BCUT2D eigenvalue weighted by Crippen LogP contribution is 2.33. The van der Waals surface area contributed by atoms with Gasteiger partial charge in [-0.25, -0.2) is 4.79 Å². The van der Waals surface area contributed by atoms with E-state index in [0.29, 0.717) is 29.6 Å². The standard InChI is InChI=1S/C16H15NO5S/c18-15(12-5-6-13(23-12)16(19)20)17-9-10-3-1-4-11-14(10)22-8-2-7-21-11/h1,3-6H,2,7-9H2,(H,17,18)(H,19,20). The second-order valence-electron chi connectivity index (χ2n) is 4.95. The molecule has 2 heterocycles. The van der Waals surface area contributed by atoms with E-state index in [9.17, 15) is 9.59 Å². The Labute approximate surface area is 136 Å². The van der Waals surface area contributed by atoms with Gasteiger partial charge < -0.3 is 19.9 Å². The summed E-state index contributed by atoms with van der Waals surface area (Å²) in [6.07, 6.45) is 0.813. The number of carbonyl (C=O) groups excluding carboxylic acids is 1. The van der Waals surface area contributed by atoms with Gasteiger partial charge in [-0.1, -0.05) is 12.1 Å². The molecule has 1 aliphatic heterocycles. The van der Waals surface area contributed by atoms with Crippen molar-refractivity contribution in [1.29, 1.82) is 0 Å². The molecule has 2 N–H and O–H groups in total. The molecule has 0 saturated heterocycles. The molecule has 23 heavy (non-hydrogen) atoms. The van der Waals surface area contributed by atoms with E-state index in [2.05, 4.69) is 5.32 Å². The van der Waals surface area contributed by atoms with Crippen molar-refractivity contribution in [3.8, 4) is 11.5 Å². The Morgan fingerprint density at radius 1 is 1.13 bits per heavy atom. The number of ether oxygens (including phenoxy) is 2. The van der Waals surface area contributed by atoms with Gasteiger partial charge in [0.25, 0.3) is 5.91 Å². The highest BCUT2D eigenvalue weighted by atomic mass is 32.1. The third kappa shape index (κ3) is 3.45. The van der Waals surface area contributed by atoms with Gasteiger partial charge in [0.15, 0.2) is 11.5 Å². The predicted molar refractivity (Wildman–Crippen MR) is 84.5 cm³/mol. The molecule has 0 fully saturated rings. The molecular formula is C16H15NO5S. The minimum atomic E-state index is -1.03. The van der Waals surface area contributed by atoms with Crippen molar-refractivity contribution in [3.63, 3.8) is 0 Å². The first-order valence-electron chi connectivity index (χ1n) is 7.14. The van der Waals surface area contributed by atoms with Crippen LogP contribution in [0.15, 0.2) is 30.3 Å². The molecule has 1 aliphatic rings. The van der Waals surface area contributed by atoms with E-state index in [1.54, 1.807) is 0 Å². The van der Waals surface area contributed by atoms with Crippen molar-refractivity contribution in [2.75, 3.05) is 13.2 Å². The van der Waals surface area contributed by atoms with Crippen LogP contribution in [0.4, 0.5) is 0 Å².